The van der Waals surface area contributed by atoms with E-state index in [2.05, 4.69) is 4.98 Å². The molecule has 1 atom stereocenters. The number of carbonyl (C=O) groups excluding carboxylic acids is 1. The first-order chi connectivity index (χ1) is 14.0. The molecule has 0 aliphatic carbocycles. The highest BCUT2D eigenvalue weighted by atomic mass is 35.5. The summed E-state index contributed by atoms with van der Waals surface area (Å²) in [6.07, 6.45) is 2.60. The lowest BCUT2D eigenvalue weighted by Gasteiger charge is -2.32. The van der Waals surface area contributed by atoms with Crippen LogP contribution < -0.4 is 0 Å². The number of allylic oxidation sites excluding steroid dienone is 1. The van der Waals surface area contributed by atoms with Crippen molar-refractivity contribution in [2.75, 3.05) is 13.2 Å². The minimum Gasteiger partial charge on any atom is -0.463 e. The van der Waals surface area contributed by atoms with Crippen LogP contribution in [0, 0.1) is 11.6 Å². The monoisotopic (exact) mass is 417 g/mol. The van der Waals surface area contributed by atoms with E-state index in [-0.39, 0.29) is 11.6 Å². The number of ether oxygens (including phenoxy) is 1. The summed E-state index contributed by atoms with van der Waals surface area (Å²) in [6, 6.07) is 6.07. The van der Waals surface area contributed by atoms with Crippen molar-refractivity contribution in [1.82, 2.24) is 9.88 Å². The van der Waals surface area contributed by atoms with Gasteiger partial charge in [0.25, 0.3) is 0 Å². The molecule has 1 aromatic carbocycles. The quantitative estimate of drug-likeness (QED) is 0.691. The minimum atomic E-state index is -0.770. The van der Waals surface area contributed by atoms with Gasteiger partial charge in [0, 0.05) is 22.8 Å². The fraction of sp³-hybridized carbons (Fsp3) is 0.286. The van der Waals surface area contributed by atoms with Gasteiger partial charge >= 0.3 is 5.97 Å². The number of pyridine rings is 1. The Morgan fingerprint density at radius 1 is 1.28 bits per heavy atom. The lowest BCUT2D eigenvalue weighted by atomic mass is 9.94. The number of hydrogen-bond donors (Lipinski definition) is 0. The van der Waals surface area contributed by atoms with E-state index < -0.39 is 23.6 Å². The van der Waals surface area contributed by atoms with Crippen LogP contribution in [0.15, 0.2) is 52.8 Å². The molecule has 2 aliphatic rings. The second-order valence-electron chi connectivity index (χ2n) is 6.72. The normalized spacial score (nSPS) is 18.6. The molecule has 0 bridgehead atoms. The van der Waals surface area contributed by atoms with E-state index in [4.69, 9.17) is 21.3 Å². The molecule has 3 heterocycles. The number of amidine groups is 1. The molecule has 150 valence electrons. The van der Waals surface area contributed by atoms with Gasteiger partial charge in [0.1, 0.15) is 23.4 Å². The number of aliphatic imine (C=N–C) groups is 1. The predicted molar refractivity (Wildman–Crippen MR) is 104 cm³/mol. The average Bonchev–Trinajstić information content (AvgIpc) is 3.17. The highest BCUT2D eigenvalue weighted by Gasteiger charge is 2.39. The molecular formula is C21H18ClF2N3O2. The fourth-order valence-corrected chi connectivity index (χ4v) is 3.97. The van der Waals surface area contributed by atoms with Crippen molar-refractivity contribution in [3.63, 3.8) is 0 Å². The van der Waals surface area contributed by atoms with Crippen molar-refractivity contribution >= 4 is 23.4 Å². The van der Waals surface area contributed by atoms with Crippen molar-refractivity contribution in [1.29, 1.82) is 0 Å². The zero-order valence-corrected chi connectivity index (χ0v) is 16.4. The lowest BCUT2D eigenvalue weighted by Crippen LogP contribution is -2.35. The summed E-state index contributed by atoms with van der Waals surface area (Å²) in [7, 11) is 0. The molecule has 1 unspecified atom stereocenters. The largest absolute Gasteiger partial charge is 0.463 e. The van der Waals surface area contributed by atoms with Crippen LogP contribution >= 0.6 is 11.6 Å². The number of benzene rings is 1. The van der Waals surface area contributed by atoms with Gasteiger partial charge in [-0.2, -0.15) is 0 Å². The maximum atomic E-state index is 13.6. The molecule has 8 heteroatoms. The molecule has 2 aliphatic heterocycles. The Morgan fingerprint density at radius 3 is 2.76 bits per heavy atom. The molecule has 5 nitrogen and oxygen atoms in total. The van der Waals surface area contributed by atoms with E-state index in [1.54, 1.807) is 13.0 Å². The number of aromatic nitrogens is 1. The van der Waals surface area contributed by atoms with E-state index in [1.807, 2.05) is 4.90 Å². The molecule has 1 fully saturated rings. The molecule has 4 rings (SSSR count). The minimum absolute atomic E-state index is 0.166. The Kier molecular flexibility index (Phi) is 5.32. The summed E-state index contributed by atoms with van der Waals surface area (Å²) in [5, 5.41) is 0.166. The van der Waals surface area contributed by atoms with Gasteiger partial charge in [-0.15, -0.1) is 0 Å². The first-order valence-corrected chi connectivity index (χ1v) is 9.69. The predicted octanol–water partition coefficient (Wildman–Crippen LogP) is 4.43. The van der Waals surface area contributed by atoms with Crippen LogP contribution in [-0.2, 0) is 9.53 Å². The molecule has 1 aromatic heterocycles. The van der Waals surface area contributed by atoms with Gasteiger partial charge in [-0.05, 0) is 44.0 Å². The van der Waals surface area contributed by atoms with E-state index in [0.717, 1.165) is 18.3 Å². The fourth-order valence-electron chi connectivity index (χ4n) is 3.70. The van der Waals surface area contributed by atoms with Crippen LogP contribution in [0.5, 0.6) is 0 Å². The topological polar surface area (TPSA) is 54.8 Å². The third-order valence-corrected chi connectivity index (χ3v) is 5.25. The van der Waals surface area contributed by atoms with Gasteiger partial charge in [0.15, 0.2) is 5.84 Å². The maximum absolute atomic E-state index is 13.6. The third kappa shape index (κ3) is 3.62. The number of halogens is 3. The zero-order valence-electron chi connectivity index (χ0n) is 15.7. The van der Waals surface area contributed by atoms with E-state index >= 15 is 0 Å². The standard InChI is InChI=1S/C21H18ClF2N3O2/c1-2-29-21(28)18-17-4-3-9-27(17)20(16-8-6-13(24)11-25-16)26-19(18)14-7-5-12(23)10-15(14)22/h5-8,10-11,19H,2-4,9H2,1H3. The second kappa shape index (κ2) is 7.91. The maximum Gasteiger partial charge on any atom is 0.338 e. The molecular weight excluding hydrogens is 400 g/mol. The van der Waals surface area contributed by atoms with E-state index in [9.17, 15) is 13.6 Å². The van der Waals surface area contributed by atoms with Crippen molar-refractivity contribution in [2.24, 2.45) is 4.99 Å². The second-order valence-corrected chi connectivity index (χ2v) is 7.13. The zero-order chi connectivity index (χ0) is 20.5. The number of hydrogen-bond acceptors (Lipinski definition) is 5. The smallest absolute Gasteiger partial charge is 0.338 e. The molecule has 0 N–H and O–H groups in total. The van der Waals surface area contributed by atoms with Crippen LogP contribution in [0.3, 0.4) is 0 Å². The molecule has 0 amide bonds. The molecule has 1 saturated heterocycles. The number of fused-ring (bicyclic) bond motifs is 1. The van der Waals surface area contributed by atoms with E-state index in [1.165, 1.54) is 24.3 Å². The average molecular weight is 418 g/mol. The number of nitrogens with zero attached hydrogens (tertiary/aromatic N) is 3. The summed E-state index contributed by atoms with van der Waals surface area (Å²) in [5.74, 6) is -0.884. The summed E-state index contributed by atoms with van der Waals surface area (Å²) in [4.78, 5) is 23.7. The van der Waals surface area contributed by atoms with Crippen LogP contribution in [0.25, 0.3) is 0 Å². The highest BCUT2D eigenvalue weighted by Crippen LogP contribution is 2.42. The van der Waals surface area contributed by atoms with Gasteiger partial charge in [-0.1, -0.05) is 17.7 Å². The Balaban J connectivity index is 1.89. The first-order valence-electron chi connectivity index (χ1n) is 9.32. The molecule has 0 radical (unpaired) electrons. The van der Waals surface area contributed by atoms with Crippen LogP contribution in [0.2, 0.25) is 5.02 Å². The SMILES string of the molecule is CCOC(=O)C1=C2CCCN2C(c2ccc(F)cn2)=NC1c1ccc(F)cc1Cl. The summed E-state index contributed by atoms with van der Waals surface area (Å²) < 4.78 is 32.3. The highest BCUT2D eigenvalue weighted by molar-refractivity contribution is 6.31. The van der Waals surface area contributed by atoms with Crippen LogP contribution in [0.4, 0.5) is 8.78 Å². The summed E-state index contributed by atoms with van der Waals surface area (Å²) in [5.41, 5.74) is 2.15. The van der Waals surface area contributed by atoms with Crippen LogP contribution in [-0.4, -0.2) is 34.8 Å². The van der Waals surface area contributed by atoms with Crippen molar-refractivity contribution in [2.45, 2.75) is 25.8 Å². The Hall–Kier alpha value is -2.80. The van der Waals surface area contributed by atoms with Crippen molar-refractivity contribution in [3.05, 3.63) is 75.7 Å². The first kappa shape index (κ1) is 19.5. The molecule has 0 spiro atoms. The Bertz CT molecular complexity index is 1020. The lowest BCUT2D eigenvalue weighted by molar-refractivity contribution is -0.139. The van der Waals surface area contributed by atoms with Gasteiger partial charge in [0.05, 0.1) is 18.4 Å². The van der Waals surface area contributed by atoms with Gasteiger partial charge in [-0.3, -0.25) is 4.99 Å². The third-order valence-electron chi connectivity index (χ3n) is 4.92. The van der Waals surface area contributed by atoms with Crippen molar-refractivity contribution in [3.8, 4) is 0 Å². The van der Waals surface area contributed by atoms with Crippen LogP contribution in [0.1, 0.15) is 37.1 Å². The Morgan fingerprint density at radius 2 is 2.07 bits per heavy atom. The van der Waals surface area contributed by atoms with Gasteiger partial charge in [-0.25, -0.2) is 18.6 Å². The van der Waals surface area contributed by atoms with Gasteiger partial charge < -0.3 is 9.64 Å². The number of esters is 1. The van der Waals surface area contributed by atoms with E-state index in [0.29, 0.717) is 35.6 Å². The summed E-state index contributed by atoms with van der Waals surface area (Å²) >= 11 is 6.30. The summed E-state index contributed by atoms with van der Waals surface area (Å²) in [6.45, 7) is 2.60. The van der Waals surface area contributed by atoms with Crippen molar-refractivity contribution < 1.29 is 18.3 Å². The number of rotatable bonds is 4. The molecule has 29 heavy (non-hydrogen) atoms. The Labute approximate surface area is 171 Å². The molecule has 2 aromatic rings. The molecule has 0 saturated carbocycles. The number of carbonyl (C=O) groups is 1. The van der Waals surface area contributed by atoms with Gasteiger partial charge in [0.2, 0.25) is 0 Å².